The maximum atomic E-state index is 9.05. The van der Waals surface area contributed by atoms with Gasteiger partial charge in [0.2, 0.25) is 0 Å². The van der Waals surface area contributed by atoms with Crippen molar-refractivity contribution in [1.82, 2.24) is 0 Å². The summed E-state index contributed by atoms with van der Waals surface area (Å²) in [5.41, 5.74) is 6.03. The second-order valence-electron chi connectivity index (χ2n) is 4.25. The quantitative estimate of drug-likeness (QED) is 0.589. The molecule has 64 valence electrons. The van der Waals surface area contributed by atoms with Gasteiger partial charge in [0.05, 0.1) is 0 Å². The van der Waals surface area contributed by atoms with E-state index in [1.807, 2.05) is 0 Å². The SMILES string of the molecule is NC(O)CC1CCCC12CC2. The molecule has 0 aromatic rings. The predicted octanol–water partition coefficient (Wildman–Crippen LogP) is 1.23. The third-order valence-corrected chi connectivity index (χ3v) is 3.51. The number of aliphatic hydroxyl groups is 1. The molecule has 2 heteroatoms. The molecular weight excluding hydrogens is 138 g/mol. The Morgan fingerprint density at radius 3 is 2.73 bits per heavy atom. The van der Waals surface area contributed by atoms with Crippen molar-refractivity contribution in [2.24, 2.45) is 17.1 Å². The Labute approximate surface area is 67.8 Å². The van der Waals surface area contributed by atoms with Crippen LogP contribution in [0.4, 0.5) is 0 Å². The van der Waals surface area contributed by atoms with Crippen LogP contribution in [0.2, 0.25) is 0 Å². The topological polar surface area (TPSA) is 46.2 Å². The van der Waals surface area contributed by atoms with E-state index in [-0.39, 0.29) is 0 Å². The average Bonchev–Trinajstić information content (AvgIpc) is 2.56. The van der Waals surface area contributed by atoms with Gasteiger partial charge >= 0.3 is 0 Å². The van der Waals surface area contributed by atoms with E-state index in [9.17, 15) is 0 Å². The largest absolute Gasteiger partial charge is 0.379 e. The van der Waals surface area contributed by atoms with E-state index in [1.165, 1.54) is 32.1 Å². The maximum Gasteiger partial charge on any atom is 0.102 e. The van der Waals surface area contributed by atoms with E-state index in [1.54, 1.807) is 0 Å². The summed E-state index contributed by atoms with van der Waals surface area (Å²) in [5, 5.41) is 9.05. The van der Waals surface area contributed by atoms with E-state index in [2.05, 4.69) is 0 Å². The molecule has 0 radical (unpaired) electrons. The lowest BCUT2D eigenvalue weighted by Gasteiger charge is -2.19. The minimum Gasteiger partial charge on any atom is -0.379 e. The molecule has 0 aromatic heterocycles. The summed E-state index contributed by atoms with van der Waals surface area (Å²) < 4.78 is 0. The van der Waals surface area contributed by atoms with Crippen LogP contribution in [0.5, 0.6) is 0 Å². The summed E-state index contributed by atoms with van der Waals surface area (Å²) in [5.74, 6) is 0.738. The summed E-state index contributed by atoms with van der Waals surface area (Å²) in [6, 6.07) is 0. The molecule has 0 saturated heterocycles. The lowest BCUT2D eigenvalue weighted by Crippen LogP contribution is -2.24. The molecule has 2 aliphatic rings. The van der Waals surface area contributed by atoms with Crippen LogP contribution in [0.3, 0.4) is 0 Å². The monoisotopic (exact) mass is 155 g/mol. The van der Waals surface area contributed by atoms with Gasteiger partial charge < -0.3 is 10.8 Å². The molecule has 3 N–H and O–H groups in total. The van der Waals surface area contributed by atoms with Crippen LogP contribution in [0.15, 0.2) is 0 Å². The first-order valence-electron chi connectivity index (χ1n) is 4.67. The van der Waals surface area contributed by atoms with Crippen LogP contribution in [0, 0.1) is 11.3 Å². The molecule has 0 heterocycles. The van der Waals surface area contributed by atoms with Crippen molar-refractivity contribution in [3.05, 3.63) is 0 Å². The minimum atomic E-state index is -0.574. The van der Waals surface area contributed by atoms with Gasteiger partial charge in [0, 0.05) is 0 Å². The first kappa shape index (κ1) is 7.56. The summed E-state index contributed by atoms with van der Waals surface area (Å²) in [4.78, 5) is 0. The fraction of sp³-hybridized carbons (Fsp3) is 1.00. The average molecular weight is 155 g/mol. The van der Waals surface area contributed by atoms with Crippen molar-refractivity contribution in [2.75, 3.05) is 0 Å². The number of hydrogen-bond acceptors (Lipinski definition) is 2. The minimum absolute atomic E-state index is 0.574. The van der Waals surface area contributed by atoms with Crippen LogP contribution in [0.1, 0.15) is 38.5 Å². The van der Waals surface area contributed by atoms with Gasteiger partial charge in [0.15, 0.2) is 0 Å². The third kappa shape index (κ3) is 1.30. The molecule has 2 saturated carbocycles. The molecule has 2 fully saturated rings. The first-order valence-corrected chi connectivity index (χ1v) is 4.67. The molecule has 2 atom stereocenters. The van der Waals surface area contributed by atoms with Crippen LogP contribution in [-0.2, 0) is 0 Å². The Morgan fingerprint density at radius 1 is 1.45 bits per heavy atom. The van der Waals surface area contributed by atoms with Crippen molar-refractivity contribution >= 4 is 0 Å². The van der Waals surface area contributed by atoms with Gasteiger partial charge in [-0.25, -0.2) is 0 Å². The molecule has 0 aromatic carbocycles. The van der Waals surface area contributed by atoms with Crippen molar-refractivity contribution in [1.29, 1.82) is 0 Å². The fourth-order valence-electron chi connectivity index (χ4n) is 2.69. The molecule has 2 unspecified atom stereocenters. The second-order valence-corrected chi connectivity index (χ2v) is 4.25. The molecule has 2 aliphatic carbocycles. The molecule has 1 spiro atoms. The van der Waals surface area contributed by atoms with E-state index >= 15 is 0 Å². The van der Waals surface area contributed by atoms with Crippen molar-refractivity contribution in [3.63, 3.8) is 0 Å². The molecule has 2 rings (SSSR count). The second kappa shape index (κ2) is 2.46. The normalized spacial score (nSPS) is 36.0. The van der Waals surface area contributed by atoms with E-state index in [0.717, 1.165) is 12.3 Å². The molecule has 11 heavy (non-hydrogen) atoms. The maximum absolute atomic E-state index is 9.05. The Morgan fingerprint density at radius 2 is 2.18 bits per heavy atom. The Balaban J connectivity index is 1.92. The molecule has 0 bridgehead atoms. The summed E-state index contributed by atoms with van der Waals surface area (Å²) >= 11 is 0. The smallest absolute Gasteiger partial charge is 0.102 e. The molecule has 2 nitrogen and oxygen atoms in total. The van der Waals surface area contributed by atoms with Gasteiger partial charge in [-0.2, -0.15) is 0 Å². The van der Waals surface area contributed by atoms with Crippen molar-refractivity contribution in [2.45, 2.75) is 44.8 Å². The lowest BCUT2D eigenvalue weighted by molar-refractivity contribution is 0.133. The van der Waals surface area contributed by atoms with E-state index in [0.29, 0.717) is 5.41 Å². The lowest BCUT2D eigenvalue weighted by atomic mass is 9.89. The summed E-state index contributed by atoms with van der Waals surface area (Å²) in [6.45, 7) is 0. The first-order chi connectivity index (χ1) is 5.23. The number of aliphatic hydroxyl groups excluding tert-OH is 1. The van der Waals surface area contributed by atoms with Crippen LogP contribution >= 0.6 is 0 Å². The van der Waals surface area contributed by atoms with Gasteiger partial charge in [-0.3, -0.25) is 0 Å². The predicted molar refractivity (Wildman–Crippen MR) is 43.8 cm³/mol. The summed E-state index contributed by atoms with van der Waals surface area (Å²) in [6.07, 6.45) is 7.10. The molecule has 0 aliphatic heterocycles. The number of rotatable bonds is 2. The van der Waals surface area contributed by atoms with Gasteiger partial charge in [0.25, 0.3) is 0 Å². The van der Waals surface area contributed by atoms with Crippen LogP contribution < -0.4 is 5.73 Å². The van der Waals surface area contributed by atoms with Gasteiger partial charge in [-0.1, -0.05) is 6.42 Å². The van der Waals surface area contributed by atoms with Crippen molar-refractivity contribution in [3.8, 4) is 0 Å². The number of hydrogen-bond donors (Lipinski definition) is 2. The van der Waals surface area contributed by atoms with Crippen LogP contribution in [0.25, 0.3) is 0 Å². The van der Waals surface area contributed by atoms with Crippen LogP contribution in [-0.4, -0.2) is 11.3 Å². The highest BCUT2D eigenvalue weighted by atomic mass is 16.3. The zero-order valence-corrected chi connectivity index (χ0v) is 6.92. The zero-order chi connectivity index (χ0) is 7.90. The third-order valence-electron chi connectivity index (χ3n) is 3.51. The van der Waals surface area contributed by atoms with E-state index < -0.39 is 6.23 Å². The standard InChI is InChI=1S/C9H17NO/c10-8(11)6-7-2-1-3-9(7)4-5-9/h7-8,11H,1-6,10H2. The van der Waals surface area contributed by atoms with Gasteiger partial charge in [0.1, 0.15) is 6.23 Å². The van der Waals surface area contributed by atoms with Gasteiger partial charge in [-0.15, -0.1) is 0 Å². The highest BCUT2D eigenvalue weighted by molar-refractivity contribution is 5.02. The summed E-state index contributed by atoms with van der Waals surface area (Å²) in [7, 11) is 0. The Hall–Kier alpha value is -0.0800. The fourth-order valence-corrected chi connectivity index (χ4v) is 2.69. The number of nitrogens with two attached hydrogens (primary N) is 1. The zero-order valence-electron chi connectivity index (χ0n) is 6.92. The molecule has 0 amide bonds. The Bertz CT molecular complexity index is 152. The highest BCUT2D eigenvalue weighted by Gasteiger charge is 2.51. The van der Waals surface area contributed by atoms with E-state index in [4.69, 9.17) is 10.8 Å². The molecular formula is C9H17NO. The van der Waals surface area contributed by atoms with Crippen molar-refractivity contribution < 1.29 is 5.11 Å². The Kier molecular flexibility index (Phi) is 1.69. The highest BCUT2D eigenvalue weighted by Crippen LogP contribution is 2.62. The van der Waals surface area contributed by atoms with Gasteiger partial charge in [-0.05, 0) is 43.4 Å².